The average Bonchev–Trinajstić information content (AvgIpc) is 2.16. The Labute approximate surface area is 76.3 Å². The molecule has 1 atom stereocenters. The van der Waals surface area contributed by atoms with Crippen LogP contribution in [0.3, 0.4) is 0 Å². The molecule has 0 fully saturated rings. The number of anilines is 1. The summed E-state index contributed by atoms with van der Waals surface area (Å²) >= 11 is 0. The molecule has 1 rings (SSSR count). The summed E-state index contributed by atoms with van der Waals surface area (Å²) in [6.45, 7) is -0.188. The van der Waals surface area contributed by atoms with Crippen molar-refractivity contribution in [2.45, 2.75) is 6.04 Å². The van der Waals surface area contributed by atoms with Gasteiger partial charge in [-0.15, -0.1) is 0 Å². The van der Waals surface area contributed by atoms with Gasteiger partial charge in [0.05, 0.1) is 25.3 Å². The van der Waals surface area contributed by atoms with E-state index in [0.717, 1.165) is 0 Å². The second-order valence-electron chi connectivity index (χ2n) is 2.61. The number of aliphatic hydroxyl groups excluding tert-OH is 1. The molecule has 0 saturated heterocycles. The van der Waals surface area contributed by atoms with Crippen molar-refractivity contribution >= 4 is 5.69 Å². The quantitative estimate of drug-likeness (QED) is 0.596. The van der Waals surface area contributed by atoms with Crippen molar-refractivity contribution in [2.24, 2.45) is 5.73 Å². The lowest BCUT2D eigenvalue weighted by molar-refractivity contribution is 0.264. The summed E-state index contributed by atoms with van der Waals surface area (Å²) in [5.74, 6) is 0.363. The van der Waals surface area contributed by atoms with Crippen molar-refractivity contribution in [3.8, 4) is 5.88 Å². The number of nitrogens with two attached hydrogens (primary N) is 2. The molecule has 13 heavy (non-hydrogen) atoms. The Bertz CT molecular complexity index is 291. The Balaban J connectivity index is 3.14. The second kappa shape index (κ2) is 4.06. The van der Waals surface area contributed by atoms with Gasteiger partial charge in [0.25, 0.3) is 0 Å². The van der Waals surface area contributed by atoms with E-state index in [2.05, 4.69) is 4.98 Å². The molecule has 0 aromatic carbocycles. The van der Waals surface area contributed by atoms with Gasteiger partial charge in [0.2, 0.25) is 5.88 Å². The van der Waals surface area contributed by atoms with Gasteiger partial charge in [-0.05, 0) is 6.07 Å². The highest BCUT2D eigenvalue weighted by atomic mass is 16.5. The Hall–Kier alpha value is -1.33. The van der Waals surface area contributed by atoms with Crippen LogP contribution in [-0.2, 0) is 0 Å². The fourth-order valence-electron chi connectivity index (χ4n) is 1.09. The first-order valence-corrected chi connectivity index (χ1v) is 3.85. The molecule has 0 bridgehead atoms. The summed E-state index contributed by atoms with van der Waals surface area (Å²) in [5, 5.41) is 8.87. The molecule has 0 aliphatic carbocycles. The smallest absolute Gasteiger partial charge is 0.220 e. The Morgan fingerprint density at radius 1 is 1.69 bits per heavy atom. The normalized spacial score (nSPS) is 12.5. The third-order valence-corrected chi connectivity index (χ3v) is 1.75. The number of hydrogen-bond acceptors (Lipinski definition) is 5. The zero-order chi connectivity index (χ0) is 9.84. The molecule has 5 N–H and O–H groups in total. The number of aromatic nitrogens is 1. The third-order valence-electron chi connectivity index (χ3n) is 1.75. The average molecular weight is 183 g/mol. The fourth-order valence-corrected chi connectivity index (χ4v) is 1.09. The van der Waals surface area contributed by atoms with Crippen LogP contribution in [0.4, 0.5) is 5.69 Å². The van der Waals surface area contributed by atoms with Crippen LogP contribution < -0.4 is 16.2 Å². The minimum Gasteiger partial charge on any atom is -0.481 e. The Kier molecular flexibility index (Phi) is 3.05. The lowest BCUT2D eigenvalue weighted by Gasteiger charge is -2.14. The highest BCUT2D eigenvalue weighted by Crippen LogP contribution is 2.26. The highest BCUT2D eigenvalue weighted by Gasteiger charge is 2.15. The van der Waals surface area contributed by atoms with E-state index in [0.29, 0.717) is 17.1 Å². The molecule has 0 saturated carbocycles. The van der Waals surface area contributed by atoms with E-state index >= 15 is 0 Å². The molecule has 1 aromatic heterocycles. The molecule has 0 aliphatic rings. The zero-order valence-electron chi connectivity index (χ0n) is 7.40. The van der Waals surface area contributed by atoms with Gasteiger partial charge in [0.15, 0.2) is 0 Å². The molecule has 0 aliphatic heterocycles. The molecule has 72 valence electrons. The van der Waals surface area contributed by atoms with Gasteiger partial charge in [-0.2, -0.15) is 0 Å². The molecule has 0 spiro atoms. The standard InChI is InChI=1S/C8H13N3O2/c1-13-8-7(6(10)4-12)5(9)2-3-11-8/h2-3,6,12H,4,10H2,1H3,(H2,9,11). The van der Waals surface area contributed by atoms with E-state index in [1.807, 2.05) is 0 Å². The van der Waals surface area contributed by atoms with Crippen LogP contribution in [0.2, 0.25) is 0 Å². The number of hydrogen-bond donors (Lipinski definition) is 3. The van der Waals surface area contributed by atoms with Crippen molar-refractivity contribution in [1.29, 1.82) is 0 Å². The van der Waals surface area contributed by atoms with Gasteiger partial charge in [-0.3, -0.25) is 0 Å². The first-order chi connectivity index (χ1) is 6.20. The van der Waals surface area contributed by atoms with Gasteiger partial charge in [0.1, 0.15) is 0 Å². The van der Waals surface area contributed by atoms with Crippen LogP contribution in [0.25, 0.3) is 0 Å². The highest BCUT2D eigenvalue weighted by molar-refractivity contribution is 5.52. The SMILES string of the molecule is COc1nccc(N)c1C(N)CO. The van der Waals surface area contributed by atoms with Gasteiger partial charge in [-0.1, -0.05) is 0 Å². The van der Waals surface area contributed by atoms with E-state index < -0.39 is 6.04 Å². The topological polar surface area (TPSA) is 94.4 Å². The van der Waals surface area contributed by atoms with Gasteiger partial charge >= 0.3 is 0 Å². The van der Waals surface area contributed by atoms with Crippen molar-refractivity contribution < 1.29 is 9.84 Å². The van der Waals surface area contributed by atoms with Gasteiger partial charge in [0, 0.05) is 11.9 Å². The molecular weight excluding hydrogens is 170 g/mol. The predicted octanol–water partition coefficient (Wildman–Crippen LogP) is -0.336. The monoisotopic (exact) mass is 183 g/mol. The predicted molar refractivity (Wildman–Crippen MR) is 49.2 cm³/mol. The maximum atomic E-state index is 8.87. The summed E-state index contributed by atoms with van der Waals surface area (Å²) in [6, 6.07) is 1.07. The Morgan fingerprint density at radius 3 is 2.92 bits per heavy atom. The van der Waals surface area contributed by atoms with Gasteiger partial charge < -0.3 is 21.3 Å². The van der Waals surface area contributed by atoms with E-state index in [-0.39, 0.29) is 6.61 Å². The van der Waals surface area contributed by atoms with Crippen LogP contribution >= 0.6 is 0 Å². The van der Waals surface area contributed by atoms with Crippen LogP contribution in [-0.4, -0.2) is 23.8 Å². The molecular formula is C8H13N3O2. The fraction of sp³-hybridized carbons (Fsp3) is 0.375. The summed E-state index contributed by atoms with van der Waals surface area (Å²) in [5.41, 5.74) is 12.3. The maximum Gasteiger partial charge on any atom is 0.220 e. The first kappa shape index (κ1) is 9.76. The van der Waals surface area contributed by atoms with Gasteiger partial charge in [-0.25, -0.2) is 4.98 Å². The minimum absolute atomic E-state index is 0.188. The summed E-state index contributed by atoms with van der Waals surface area (Å²) in [7, 11) is 1.48. The molecule has 1 unspecified atom stereocenters. The van der Waals surface area contributed by atoms with Crippen LogP contribution in [0.15, 0.2) is 12.3 Å². The summed E-state index contributed by atoms with van der Waals surface area (Å²) in [4.78, 5) is 3.93. The molecule has 5 heteroatoms. The van der Waals surface area contributed by atoms with Crippen LogP contribution in [0, 0.1) is 0 Å². The number of aliphatic hydroxyl groups is 1. The van der Waals surface area contributed by atoms with E-state index in [4.69, 9.17) is 21.3 Å². The van der Waals surface area contributed by atoms with Crippen molar-refractivity contribution in [3.05, 3.63) is 17.8 Å². The van der Waals surface area contributed by atoms with Crippen molar-refractivity contribution in [1.82, 2.24) is 4.98 Å². The first-order valence-electron chi connectivity index (χ1n) is 3.85. The molecule has 0 amide bonds. The lowest BCUT2D eigenvalue weighted by atomic mass is 10.1. The minimum atomic E-state index is -0.552. The summed E-state index contributed by atoms with van der Waals surface area (Å²) < 4.78 is 4.97. The van der Waals surface area contributed by atoms with E-state index in [1.54, 1.807) is 6.07 Å². The number of rotatable bonds is 3. The third kappa shape index (κ3) is 1.88. The molecule has 1 aromatic rings. The van der Waals surface area contributed by atoms with E-state index in [9.17, 15) is 0 Å². The number of ether oxygens (including phenoxy) is 1. The molecule has 5 nitrogen and oxygen atoms in total. The molecule has 1 heterocycles. The number of methoxy groups -OCH3 is 1. The number of nitrogen functional groups attached to an aromatic ring is 1. The zero-order valence-corrected chi connectivity index (χ0v) is 7.40. The summed E-state index contributed by atoms with van der Waals surface area (Å²) in [6.07, 6.45) is 1.53. The second-order valence-corrected chi connectivity index (χ2v) is 2.61. The maximum absolute atomic E-state index is 8.87. The van der Waals surface area contributed by atoms with E-state index in [1.165, 1.54) is 13.3 Å². The molecule has 0 radical (unpaired) electrons. The number of nitrogens with zero attached hydrogens (tertiary/aromatic N) is 1. The number of pyridine rings is 1. The van der Waals surface area contributed by atoms with Crippen molar-refractivity contribution in [3.63, 3.8) is 0 Å². The largest absolute Gasteiger partial charge is 0.481 e. The van der Waals surface area contributed by atoms with Crippen molar-refractivity contribution in [2.75, 3.05) is 19.5 Å². The lowest BCUT2D eigenvalue weighted by Crippen LogP contribution is -2.17. The Morgan fingerprint density at radius 2 is 2.38 bits per heavy atom. The van der Waals surface area contributed by atoms with Crippen LogP contribution in [0.1, 0.15) is 11.6 Å². The van der Waals surface area contributed by atoms with Crippen LogP contribution in [0.5, 0.6) is 5.88 Å².